The minimum atomic E-state index is -0.242. The number of pyridine rings is 1. The van der Waals surface area contributed by atoms with Gasteiger partial charge in [0.2, 0.25) is 0 Å². The van der Waals surface area contributed by atoms with E-state index in [9.17, 15) is 4.79 Å². The van der Waals surface area contributed by atoms with Crippen LogP contribution in [0.15, 0.2) is 22.9 Å². The van der Waals surface area contributed by atoms with Gasteiger partial charge in [0, 0.05) is 6.20 Å². The van der Waals surface area contributed by atoms with Crippen LogP contribution < -0.4 is 0 Å². The molecule has 0 amide bonds. The Morgan fingerprint density at radius 1 is 1.75 bits per heavy atom. The molecule has 1 aromatic heterocycles. The monoisotopic (exact) mass is 229 g/mol. The van der Waals surface area contributed by atoms with Crippen molar-refractivity contribution in [2.75, 3.05) is 7.11 Å². The Labute approximate surface area is 78.9 Å². The van der Waals surface area contributed by atoms with Crippen molar-refractivity contribution in [2.24, 2.45) is 0 Å². The molecule has 0 unspecified atom stereocenters. The second-order valence-corrected chi connectivity index (χ2v) is 3.05. The third-order valence-electron chi connectivity index (χ3n) is 1.37. The first-order chi connectivity index (χ1) is 5.72. The second-order valence-electron chi connectivity index (χ2n) is 2.24. The average molecular weight is 230 g/mol. The summed E-state index contributed by atoms with van der Waals surface area (Å²) >= 11 is 3.21. The molecule has 0 aromatic carbocycles. The molecule has 0 atom stereocenters. The molecule has 0 aliphatic carbocycles. The summed E-state index contributed by atoms with van der Waals surface area (Å²) in [5, 5.41) is 0. The molecule has 1 heterocycles. The maximum atomic E-state index is 10.8. The molecule has 0 fully saturated rings. The average Bonchev–Trinajstić information content (AvgIpc) is 2.04. The molecule has 1 rings (SSSR count). The second kappa shape index (κ2) is 4.21. The van der Waals surface area contributed by atoms with Gasteiger partial charge in [-0.25, -0.2) is 4.98 Å². The first-order valence-electron chi connectivity index (χ1n) is 3.39. The highest BCUT2D eigenvalue weighted by Crippen LogP contribution is 2.08. The maximum absolute atomic E-state index is 10.8. The molecule has 4 heteroatoms. The van der Waals surface area contributed by atoms with Crippen LogP contribution in [0.2, 0.25) is 0 Å². The fourth-order valence-corrected chi connectivity index (χ4v) is 1.20. The molecule has 0 aliphatic heterocycles. The summed E-state index contributed by atoms with van der Waals surface area (Å²) in [5.74, 6) is -0.242. The van der Waals surface area contributed by atoms with E-state index >= 15 is 0 Å². The minimum absolute atomic E-state index is 0.242. The van der Waals surface area contributed by atoms with Gasteiger partial charge in [-0.1, -0.05) is 0 Å². The summed E-state index contributed by atoms with van der Waals surface area (Å²) < 4.78 is 5.25. The normalized spacial score (nSPS) is 9.50. The summed E-state index contributed by atoms with van der Waals surface area (Å²) in [6.07, 6.45) is 1.93. The van der Waals surface area contributed by atoms with Crippen LogP contribution in [0.1, 0.15) is 5.56 Å². The number of halogens is 1. The van der Waals surface area contributed by atoms with Gasteiger partial charge in [-0.15, -0.1) is 0 Å². The van der Waals surface area contributed by atoms with Crippen molar-refractivity contribution < 1.29 is 9.53 Å². The van der Waals surface area contributed by atoms with Crippen LogP contribution in [0.5, 0.6) is 0 Å². The van der Waals surface area contributed by atoms with Crippen molar-refractivity contribution >= 4 is 21.9 Å². The van der Waals surface area contributed by atoms with E-state index in [-0.39, 0.29) is 12.4 Å². The molecule has 12 heavy (non-hydrogen) atoms. The van der Waals surface area contributed by atoms with Crippen molar-refractivity contribution in [3.05, 3.63) is 28.5 Å². The Morgan fingerprint density at radius 2 is 2.50 bits per heavy atom. The molecule has 64 valence electrons. The number of hydrogen-bond donors (Lipinski definition) is 0. The molecule has 3 nitrogen and oxygen atoms in total. The van der Waals surface area contributed by atoms with Crippen LogP contribution >= 0.6 is 15.9 Å². The highest BCUT2D eigenvalue weighted by molar-refractivity contribution is 9.10. The molecular weight excluding hydrogens is 222 g/mol. The first-order valence-corrected chi connectivity index (χ1v) is 4.19. The lowest BCUT2D eigenvalue weighted by atomic mass is 10.2. The molecule has 0 bridgehead atoms. The number of rotatable bonds is 2. The zero-order valence-electron chi connectivity index (χ0n) is 6.58. The number of carbonyl (C=O) groups excluding carboxylic acids is 1. The van der Waals surface area contributed by atoms with Gasteiger partial charge < -0.3 is 4.74 Å². The molecular formula is C8H8BrNO2. The number of aromatic nitrogens is 1. The Balaban J connectivity index is 2.69. The van der Waals surface area contributed by atoms with Gasteiger partial charge in [0.05, 0.1) is 13.5 Å². The van der Waals surface area contributed by atoms with E-state index in [0.717, 1.165) is 10.2 Å². The third kappa shape index (κ3) is 2.62. The molecule has 0 aliphatic rings. The van der Waals surface area contributed by atoms with Gasteiger partial charge in [-0.3, -0.25) is 4.79 Å². The van der Waals surface area contributed by atoms with Crippen LogP contribution in [0.4, 0.5) is 0 Å². The van der Waals surface area contributed by atoms with Crippen molar-refractivity contribution in [1.82, 2.24) is 4.98 Å². The Kier molecular flexibility index (Phi) is 3.22. The van der Waals surface area contributed by atoms with E-state index < -0.39 is 0 Å². The summed E-state index contributed by atoms with van der Waals surface area (Å²) in [6.45, 7) is 0. The van der Waals surface area contributed by atoms with E-state index in [1.807, 2.05) is 0 Å². The Hall–Kier alpha value is -0.900. The van der Waals surface area contributed by atoms with E-state index in [2.05, 4.69) is 25.7 Å². The standard InChI is InChI=1S/C8H8BrNO2/c1-12-8(11)5-6-2-3-10-7(9)4-6/h2-4H,5H2,1H3. The molecule has 0 saturated heterocycles. The number of esters is 1. The number of carbonyl (C=O) groups is 1. The van der Waals surface area contributed by atoms with E-state index in [0.29, 0.717) is 0 Å². The minimum Gasteiger partial charge on any atom is -0.469 e. The molecule has 0 N–H and O–H groups in total. The zero-order valence-corrected chi connectivity index (χ0v) is 8.17. The Morgan fingerprint density at radius 3 is 3.08 bits per heavy atom. The zero-order chi connectivity index (χ0) is 8.97. The van der Waals surface area contributed by atoms with Crippen molar-refractivity contribution in [3.8, 4) is 0 Å². The number of nitrogens with zero attached hydrogens (tertiary/aromatic N) is 1. The first kappa shape index (κ1) is 9.19. The highest BCUT2D eigenvalue weighted by Gasteiger charge is 2.02. The predicted octanol–water partition coefficient (Wildman–Crippen LogP) is 1.56. The van der Waals surface area contributed by atoms with Crippen LogP contribution in [-0.4, -0.2) is 18.1 Å². The summed E-state index contributed by atoms with van der Waals surface area (Å²) in [4.78, 5) is 14.8. The van der Waals surface area contributed by atoms with Gasteiger partial charge in [0.25, 0.3) is 0 Å². The molecule has 1 aromatic rings. The van der Waals surface area contributed by atoms with Gasteiger partial charge in [0.1, 0.15) is 4.60 Å². The van der Waals surface area contributed by atoms with Crippen LogP contribution in [0.3, 0.4) is 0 Å². The SMILES string of the molecule is COC(=O)Cc1ccnc(Br)c1. The smallest absolute Gasteiger partial charge is 0.309 e. The number of hydrogen-bond acceptors (Lipinski definition) is 3. The van der Waals surface area contributed by atoms with E-state index in [1.54, 1.807) is 18.3 Å². The fourth-order valence-electron chi connectivity index (χ4n) is 0.791. The molecule has 0 radical (unpaired) electrons. The summed E-state index contributed by atoms with van der Waals surface area (Å²) in [7, 11) is 1.37. The van der Waals surface area contributed by atoms with Crippen molar-refractivity contribution in [2.45, 2.75) is 6.42 Å². The maximum Gasteiger partial charge on any atom is 0.309 e. The number of ether oxygens (including phenoxy) is 1. The largest absolute Gasteiger partial charge is 0.469 e. The van der Waals surface area contributed by atoms with Gasteiger partial charge in [0.15, 0.2) is 0 Å². The van der Waals surface area contributed by atoms with Gasteiger partial charge in [-0.2, -0.15) is 0 Å². The summed E-state index contributed by atoms with van der Waals surface area (Å²) in [6, 6.07) is 3.57. The molecule has 0 spiro atoms. The lowest BCUT2D eigenvalue weighted by Crippen LogP contribution is -2.04. The quantitative estimate of drug-likeness (QED) is 0.571. The van der Waals surface area contributed by atoms with Crippen molar-refractivity contribution in [3.63, 3.8) is 0 Å². The third-order valence-corrected chi connectivity index (χ3v) is 1.80. The predicted molar refractivity (Wildman–Crippen MR) is 47.7 cm³/mol. The van der Waals surface area contributed by atoms with Crippen LogP contribution in [0.25, 0.3) is 0 Å². The van der Waals surface area contributed by atoms with Gasteiger partial charge in [-0.05, 0) is 33.6 Å². The van der Waals surface area contributed by atoms with Crippen LogP contribution in [0, 0.1) is 0 Å². The molecule has 0 saturated carbocycles. The number of methoxy groups -OCH3 is 1. The lowest BCUT2D eigenvalue weighted by Gasteiger charge is -1.98. The van der Waals surface area contributed by atoms with E-state index in [1.165, 1.54) is 7.11 Å². The highest BCUT2D eigenvalue weighted by atomic mass is 79.9. The van der Waals surface area contributed by atoms with Crippen LogP contribution in [-0.2, 0) is 16.0 Å². The lowest BCUT2D eigenvalue weighted by molar-refractivity contribution is -0.139. The topological polar surface area (TPSA) is 39.2 Å². The van der Waals surface area contributed by atoms with Crippen molar-refractivity contribution in [1.29, 1.82) is 0 Å². The summed E-state index contributed by atoms with van der Waals surface area (Å²) in [5.41, 5.74) is 0.892. The fraction of sp³-hybridized carbons (Fsp3) is 0.250. The van der Waals surface area contributed by atoms with Gasteiger partial charge >= 0.3 is 5.97 Å². The Bertz CT molecular complexity index is 288. The van der Waals surface area contributed by atoms with E-state index in [4.69, 9.17) is 0 Å².